The minimum absolute atomic E-state index is 0.831. The Balaban J connectivity index is 2.78. The Bertz CT molecular complexity index is 220. The van der Waals surface area contributed by atoms with Crippen LogP contribution in [-0.4, -0.2) is 40.2 Å². The van der Waals surface area contributed by atoms with Gasteiger partial charge in [-0.2, -0.15) is 0 Å². The summed E-state index contributed by atoms with van der Waals surface area (Å²) < 4.78 is 0. The molecule has 1 aromatic rings. The number of hydrogen-bond acceptors (Lipinski definition) is 5. The summed E-state index contributed by atoms with van der Waals surface area (Å²) in [6.07, 6.45) is 0. The monoisotopic (exact) mass is 173 g/mol. The Morgan fingerprint density at radius 1 is 1.55 bits per heavy atom. The average Bonchev–Trinajstić information content (AvgIpc) is 2.36. The second-order valence-corrected chi connectivity index (χ2v) is 3.36. The number of aromatic nitrogens is 4. The summed E-state index contributed by atoms with van der Waals surface area (Å²) in [6.45, 7) is 2.07. The van der Waals surface area contributed by atoms with Crippen LogP contribution in [0.4, 0.5) is 0 Å². The van der Waals surface area contributed by atoms with Crippen LogP contribution in [0.15, 0.2) is 5.16 Å². The molecule has 0 radical (unpaired) electrons. The molecule has 11 heavy (non-hydrogen) atoms. The van der Waals surface area contributed by atoms with Crippen LogP contribution >= 0.6 is 11.8 Å². The molecule has 0 bridgehead atoms. The SMILES string of the molecule is CCSc1nnnn1N(C)C. The molecule has 5 nitrogen and oxygen atoms in total. The van der Waals surface area contributed by atoms with Crippen molar-refractivity contribution in [2.24, 2.45) is 0 Å². The van der Waals surface area contributed by atoms with Gasteiger partial charge in [0.15, 0.2) is 0 Å². The van der Waals surface area contributed by atoms with Gasteiger partial charge in [-0.1, -0.05) is 23.8 Å². The largest absolute Gasteiger partial charge is 0.299 e. The van der Waals surface area contributed by atoms with E-state index in [-0.39, 0.29) is 0 Å². The summed E-state index contributed by atoms with van der Waals surface area (Å²) in [7, 11) is 3.80. The van der Waals surface area contributed by atoms with Gasteiger partial charge >= 0.3 is 0 Å². The van der Waals surface area contributed by atoms with Crippen molar-refractivity contribution in [1.29, 1.82) is 0 Å². The van der Waals surface area contributed by atoms with Crippen molar-refractivity contribution in [1.82, 2.24) is 20.3 Å². The normalized spacial score (nSPS) is 10.1. The first-order valence-electron chi connectivity index (χ1n) is 3.34. The van der Waals surface area contributed by atoms with Gasteiger partial charge in [0.2, 0.25) is 5.16 Å². The molecule has 62 valence electrons. The zero-order valence-electron chi connectivity index (χ0n) is 6.85. The van der Waals surface area contributed by atoms with Crippen molar-refractivity contribution in [3.63, 3.8) is 0 Å². The lowest BCUT2D eigenvalue weighted by Crippen LogP contribution is -2.26. The maximum Gasteiger partial charge on any atom is 0.230 e. The lowest BCUT2D eigenvalue weighted by atomic mass is 11.0. The Kier molecular flexibility index (Phi) is 2.70. The maximum absolute atomic E-state index is 3.85. The van der Waals surface area contributed by atoms with Crippen LogP contribution in [0.3, 0.4) is 0 Å². The molecular weight excluding hydrogens is 162 g/mol. The Hall–Kier alpha value is -0.780. The van der Waals surface area contributed by atoms with Gasteiger partial charge in [0, 0.05) is 14.1 Å². The van der Waals surface area contributed by atoms with E-state index in [2.05, 4.69) is 22.4 Å². The molecule has 0 saturated carbocycles. The number of thioether (sulfide) groups is 1. The van der Waals surface area contributed by atoms with Crippen LogP contribution in [0.2, 0.25) is 0 Å². The molecule has 0 N–H and O–H groups in total. The molecule has 1 aromatic heterocycles. The third-order valence-electron chi connectivity index (χ3n) is 1.08. The van der Waals surface area contributed by atoms with Crippen LogP contribution in [0.1, 0.15) is 6.92 Å². The fraction of sp³-hybridized carbons (Fsp3) is 0.800. The Labute approximate surface area is 69.7 Å². The highest BCUT2D eigenvalue weighted by atomic mass is 32.2. The van der Waals surface area contributed by atoms with Crippen molar-refractivity contribution in [2.45, 2.75) is 12.1 Å². The third-order valence-corrected chi connectivity index (χ3v) is 1.87. The van der Waals surface area contributed by atoms with Crippen molar-refractivity contribution in [2.75, 3.05) is 24.9 Å². The van der Waals surface area contributed by atoms with E-state index in [0.29, 0.717) is 0 Å². The highest BCUT2D eigenvalue weighted by Crippen LogP contribution is 2.11. The number of nitrogens with zero attached hydrogens (tertiary/aromatic N) is 5. The molecule has 0 aliphatic rings. The maximum atomic E-state index is 3.85. The lowest BCUT2D eigenvalue weighted by molar-refractivity contribution is 0.566. The van der Waals surface area contributed by atoms with Crippen molar-refractivity contribution < 1.29 is 0 Å². The molecule has 0 amide bonds. The first-order valence-corrected chi connectivity index (χ1v) is 4.33. The molecule has 1 heterocycles. The minimum Gasteiger partial charge on any atom is -0.299 e. The molecular formula is C5H11N5S. The quantitative estimate of drug-likeness (QED) is 0.601. The molecule has 0 atom stereocenters. The summed E-state index contributed by atoms with van der Waals surface area (Å²) in [6, 6.07) is 0. The Morgan fingerprint density at radius 2 is 2.27 bits per heavy atom. The lowest BCUT2D eigenvalue weighted by Gasteiger charge is -2.11. The van der Waals surface area contributed by atoms with Gasteiger partial charge in [-0.05, 0) is 16.2 Å². The zero-order valence-corrected chi connectivity index (χ0v) is 7.67. The van der Waals surface area contributed by atoms with Crippen LogP contribution in [0.25, 0.3) is 0 Å². The second kappa shape index (κ2) is 3.56. The van der Waals surface area contributed by atoms with Crippen LogP contribution in [0.5, 0.6) is 0 Å². The van der Waals surface area contributed by atoms with Gasteiger partial charge in [-0.25, -0.2) is 0 Å². The predicted molar refractivity (Wildman–Crippen MR) is 44.3 cm³/mol. The standard InChI is InChI=1S/C5H11N5S/c1-4-11-5-6-7-8-10(5)9(2)3/h4H2,1-3H3. The minimum atomic E-state index is 0.831. The third kappa shape index (κ3) is 1.83. The highest BCUT2D eigenvalue weighted by Gasteiger charge is 2.05. The number of tetrazole rings is 1. The van der Waals surface area contributed by atoms with Crippen LogP contribution in [-0.2, 0) is 0 Å². The fourth-order valence-corrected chi connectivity index (χ4v) is 1.31. The molecule has 1 rings (SSSR count). The van der Waals surface area contributed by atoms with E-state index in [1.807, 2.05) is 19.1 Å². The summed E-state index contributed by atoms with van der Waals surface area (Å²) in [5.74, 6) is 0.980. The summed E-state index contributed by atoms with van der Waals surface area (Å²) in [5, 5.41) is 13.9. The van der Waals surface area contributed by atoms with Gasteiger partial charge in [0.25, 0.3) is 0 Å². The van der Waals surface area contributed by atoms with Gasteiger partial charge in [-0.15, -0.1) is 4.79 Å². The smallest absolute Gasteiger partial charge is 0.230 e. The second-order valence-electron chi connectivity index (χ2n) is 2.13. The predicted octanol–water partition coefficient (Wildman–Crippen LogP) is -0.0173. The summed E-state index contributed by atoms with van der Waals surface area (Å²) in [5.41, 5.74) is 0. The van der Waals surface area contributed by atoms with E-state index in [0.717, 1.165) is 10.9 Å². The topological polar surface area (TPSA) is 46.8 Å². The van der Waals surface area contributed by atoms with Gasteiger partial charge in [0.1, 0.15) is 0 Å². The average molecular weight is 173 g/mol. The first-order chi connectivity index (χ1) is 5.25. The zero-order chi connectivity index (χ0) is 8.27. The van der Waals surface area contributed by atoms with Gasteiger partial charge in [0.05, 0.1) is 0 Å². The van der Waals surface area contributed by atoms with E-state index in [9.17, 15) is 0 Å². The van der Waals surface area contributed by atoms with Gasteiger partial charge in [-0.3, -0.25) is 5.01 Å². The van der Waals surface area contributed by atoms with E-state index in [4.69, 9.17) is 0 Å². The summed E-state index contributed by atoms with van der Waals surface area (Å²) >= 11 is 1.62. The molecule has 6 heteroatoms. The first kappa shape index (κ1) is 8.32. The van der Waals surface area contributed by atoms with Crippen molar-refractivity contribution in [3.05, 3.63) is 0 Å². The molecule has 0 fully saturated rings. The fourth-order valence-electron chi connectivity index (χ4n) is 0.641. The molecule has 0 aliphatic heterocycles. The molecule has 0 saturated heterocycles. The van der Waals surface area contributed by atoms with Crippen molar-refractivity contribution >= 4 is 11.8 Å². The van der Waals surface area contributed by atoms with Crippen molar-refractivity contribution in [3.8, 4) is 0 Å². The molecule has 0 aromatic carbocycles. The molecule has 0 aliphatic carbocycles. The highest BCUT2D eigenvalue weighted by molar-refractivity contribution is 7.99. The van der Waals surface area contributed by atoms with E-state index >= 15 is 0 Å². The van der Waals surface area contributed by atoms with E-state index < -0.39 is 0 Å². The van der Waals surface area contributed by atoms with Crippen LogP contribution < -0.4 is 5.01 Å². The van der Waals surface area contributed by atoms with Crippen LogP contribution in [0, 0.1) is 0 Å². The summed E-state index contributed by atoms with van der Waals surface area (Å²) in [4.78, 5) is 1.66. The number of rotatable bonds is 3. The van der Waals surface area contributed by atoms with Gasteiger partial charge < -0.3 is 0 Å². The van der Waals surface area contributed by atoms with E-state index in [1.54, 1.807) is 16.6 Å². The Morgan fingerprint density at radius 3 is 2.82 bits per heavy atom. The molecule has 0 unspecified atom stereocenters. The number of hydrogen-bond donors (Lipinski definition) is 0. The van der Waals surface area contributed by atoms with E-state index in [1.165, 1.54) is 0 Å². The molecule has 0 spiro atoms.